The lowest BCUT2D eigenvalue weighted by Gasteiger charge is -2.04. The van der Waals surface area contributed by atoms with Crippen LogP contribution in [0.5, 0.6) is 0 Å². The van der Waals surface area contributed by atoms with Gasteiger partial charge in [-0.25, -0.2) is 9.18 Å². The molecule has 1 amide bonds. The molecule has 0 aliphatic rings. The summed E-state index contributed by atoms with van der Waals surface area (Å²) in [7, 11) is 0. The summed E-state index contributed by atoms with van der Waals surface area (Å²) >= 11 is 0. The van der Waals surface area contributed by atoms with Crippen LogP contribution in [0.4, 0.5) is 4.39 Å². The first-order valence-electron chi connectivity index (χ1n) is 6.91. The number of aromatic amines is 1. The van der Waals surface area contributed by atoms with E-state index in [1.165, 1.54) is 6.07 Å². The molecule has 0 saturated carbocycles. The molecule has 23 heavy (non-hydrogen) atoms. The van der Waals surface area contributed by atoms with Gasteiger partial charge in [0.15, 0.2) is 0 Å². The number of benzene rings is 2. The van der Waals surface area contributed by atoms with Crippen LogP contribution in [-0.2, 0) is 6.54 Å². The highest BCUT2D eigenvalue weighted by atomic mass is 19.1. The van der Waals surface area contributed by atoms with E-state index < -0.39 is 17.4 Å². The molecule has 2 aromatic carbocycles. The first-order valence-corrected chi connectivity index (χ1v) is 6.91. The van der Waals surface area contributed by atoms with Crippen molar-refractivity contribution < 1.29 is 9.18 Å². The molecular weight excluding hydrogens is 299 g/mol. The number of para-hydroxylation sites is 1. The highest BCUT2D eigenvalue weighted by molar-refractivity contribution is 5.90. The molecule has 0 bridgehead atoms. The Hall–Kier alpha value is -3.22. The van der Waals surface area contributed by atoms with E-state index in [4.69, 9.17) is 0 Å². The third-order valence-electron chi connectivity index (χ3n) is 3.23. The molecule has 3 aromatic rings. The summed E-state index contributed by atoms with van der Waals surface area (Å²) in [6, 6.07) is 14.9. The number of H-pyrrole nitrogens is 1. The number of nitrogens with zero attached hydrogens (tertiary/aromatic N) is 2. The van der Waals surface area contributed by atoms with Gasteiger partial charge in [0.2, 0.25) is 5.82 Å². The smallest absolute Gasteiger partial charge is 0.345 e. The molecule has 0 unspecified atom stereocenters. The Bertz CT molecular complexity index is 886. The molecule has 0 aliphatic heterocycles. The maximum absolute atomic E-state index is 13.5. The molecule has 0 aliphatic carbocycles. The summed E-state index contributed by atoms with van der Waals surface area (Å²) in [5.41, 5.74) is 0.375. The minimum atomic E-state index is -0.583. The second kappa shape index (κ2) is 6.27. The van der Waals surface area contributed by atoms with Gasteiger partial charge in [-0.1, -0.05) is 36.4 Å². The summed E-state index contributed by atoms with van der Waals surface area (Å²) in [6.45, 7) is 0.00569. The van der Waals surface area contributed by atoms with Gasteiger partial charge in [0.05, 0.1) is 5.69 Å². The van der Waals surface area contributed by atoms with E-state index in [-0.39, 0.29) is 12.4 Å². The van der Waals surface area contributed by atoms with E-state index in [1.807, 2.05) is 6.07 Å². The summed E-state index contributed by atoms with van der Waals surface area (Å²) < 4.78 is 14.6. The van der Waals surface area contributed by atoms with Gasteiger partial charge < -0.3 is 5.32 Å². The lowest BCUT2D eigenvalue weighted by molar-refractivity contribution is 0.0940. The van der Waals surface area contributed by atoms with Gasteiger partial charge in [-0.15, -0.1) is 5.10 Å². The van der Waals surface area contributed by atoms with Crippen LogP contribution in [0.15, 0.2) is 59.4 Å². The maximum Gasteiger partial charge on any atom is 0.348 e. The summed E-state index contributed by atoms with van der Waals surface area (Å²) in [5.74, 6) is -1.12. The van der Waals surface area contributed by atoms with E-state index >= 15 is 0 Å². The van der Waals surface area contributed by atoms with Gasteiger partial charge in [-0.3, -0.25) is 9.78 Å². The van der Waals surface area contributed by atoms with E-state index in [0.717, 1.165) is 4.68 Å². The minimum Gasteiger partial charge on any atom is -0.345 e. The van der Waals surface area contributed by atoms with Gasteiger partial charge in [0.25, 0.3) is 5.91 Å². The zero-order chi connectivity index (χ0) is 16.2. The van der Waals surface area contributed by atoms with Crippen molar-refractivity contribution in [3.8, 4) is 5.69 Å². The van der Waals surface area contributed by atoms with E-state index in [9.17, 15) is 14.0 Å². The van der Waals surface area contributed by atoms with Crippen LogP contribution in [0.1, 0.15) is 16.2 Å². The SMILES string of the molecule is O=C(NCc1ccccc1F)c1nn(-c2ccccc2)c(=O)[nH]1. The number of hydrogen-bond acceptors (Lipinski definition) is 3. The van der Waals surface area contributed by atoms with Crippen molar-refractivity contribution in [2.45, 2.75) is 6.54 Å². The average molecular weight is 312 g/mol. The quantitative estimate of drug-likeness (QED) is 0.768. The van der Waals surface area contributed by atoms with Crippen molar-refractivity contribution in [3.05, 3.63) is 82.3 Å². The highest BCUT2D eigenvalue weighted by Crippen LogP contribution is 2.06. The predicted octanol–water partition coefficient (Wildman–Crippen LogP) is 1.63. The summed E-state index contributed by atoms with van der Waals surface area (Å²) in [5, 5.41) is 6.48. The van der Waals surface area contributed by atoms with Gasteiger partial charge in [-0.05, 0) is 18.2 Å². The van der Waals surface area contributed by atoms with Crippen LogP contribution >= 0.6 is 0 Å². The van der Waals surface area contributed by atoms with Crippen molar-refractivity contribution in [1.82, 2.24) is 20.1 Å². The average Bonchev–Trinajstić information content (AvgIpc) is 2.96. The lowest BCUT2D eigenvalue weighted by atomic mass is 10.2. The van der Waals surface area contributed by atoms with Crippen LogP contribution < -0.4 is 11.0 Å². The van der Waals surface area contributed by atoms with Crippen LogP contribution in [0, 0.1) is 5.82 Å². The molecule has 0 radical (unpaired) electrons. The zero-order valence-electron chi connectivity index (χ0n) is 12.0. The van der Waals surface area contributed by atoms with E-state index in [1.54, 1.807) is 42.5 Å². The third-order valence-corrected chi connectivity index (χ3v) is 3.23. The molecular formula is C16H13FN4O2. The molecule has 7 heteroatoms. The van der Waals surface area contributed by atoms with Crippen molar-refractivity contribution in [2.24, 2.45) is 0 Å². The minimum absolute atomic E-state index is 0.00569. The second-order valence-corrected chi connectivity index (χ2v) is 4.80. The van der Waals surface area contributed by atoms with Crippen LogP contribution in [0.25, 0.3) is 5.69 Å². The zero-order valence-corrected chi connectivity index (χ0v) is 12.0. The van der Waals surface area contributed by atoms with Gasteiger partial charge in [0.1, 0.15) is 5.82 Å². The van der Waals surface area contributed by atoms with Crippen molar-refractivity contribution >= 4 is 5.91 Å². The third kappa shape index (κ3) is 3.18. The number of carbonyl (C=O) groups is 1. The van der Waals surface area contributed by atoms with Gasteiger partial charge in [-0.2, -0.15) is 4.68 Å². The maximum atomic E-state index is 13.5. The molecule has 0 saturated heterocycles. The fraction of sp³-hybridized carbons (Fsp3) is 0.0625. The van der Waals surface area contributed by atoms with Crippen molar-refractivity contribution in [2.75, 3.05) is 0 Å². The Morgan fingerprint density at radius 2 is 1.83 bits per heavy atom. The molecule has 2 N–H and O–H groups in total. The van der Waals surface area contributed by atoms with E-state index in [0.29, 0.717) is 11.3 Å². The number of hydrogen-bond donors (Lipinski definition) is 2. The first kappa shape index (κ1) is 14.7. The number of aromatic nitrogens is 3. The Balaban J connectivity index is 1.76. The monoisotopic (exact) mass is 312 g/mol. The molecule has 1 heterocycles. The van der Waals surface area contributed by atoms with Gasteiger partial charge in [0, 0.05) is 12.1 Å². The summed E-state index contributed by atoms with van der Waals surface area (Å²) in [6.07, 6.45) is 0. The number of nitrogens with one attached hydrogen (secondary N) is 2. The normalized spacial score (nSPS) is 10.5. The number of rotatable bonds is 4. The van der Waals surface area contributed by atoms with E-state index in [2.05, 4.69) is 15.4 Å². The Kier molecular flexibility index (Phi) is 4.01. The largest absolute Gasteiger partial charge is 0.348 e. The Labute approximate surface area is 130 Å². The Morgan fingerprint density at radius 1 is 1.13 bits per heavy atom. The van der Waals surface area contributed by atoms with Crippen LogP contribution in [-0.4, -0.2) is 20.7 Å². The highest BCUT2D eigenvalue weighted by Gasteiger charge is 2.14. The lowest BCUT2D eigenvalue weighted by Crippen LogP contribution is -2.24. The standard InChI is InChI=1S/C16H13FN4O2/c17-13-9-5-4-6-11(13)10-18-15(22)14-19-16(23)21(20-14)12-7-2-1-3-8-12/h1-9H,10H2,(H,18,22)(H,19,20,23). The number of halogens is 1. The topological polar surface area (TPSA) is 79.8 Å². The molecule has 3 rings (SSSR count). The molecule has 0 spiro atoms. The number of amides is 1. The predicted molar refractivity (Wildman–Crippen MR) is 81.8 cm³/mol. The number of carbonyl (C=O) groups excluding carboxylic acids is 1. The van der Waals surface area contributed by atoms with Crippen molar-refractivity contribution in [3.63, 3.8) is 0 Å². The fourth-order valence-corrected chi connectivity index (χ4v) is 2.07. The van der Waals surface area contributed by atoms with Crippen LogP contribution in [0.2, 0.25) is 0 Å². The Morgan fingerprint density at radius 3 is 2.57 bits per heavy atom. The molecule has 0 atom stereocenters. The molecule has 1 aromatic heterocycles. The van der Waals surface area contributed by atoms with Crippen LogP contribution in [0.3, 0.4) is 0 Å². The second-order valence-electron chi connectivity index (χ2n) is 4.80. The molecule has 116 valence electrons. The summed E-state index contributed by atoms with van der Waals surface area (Å²) in [4.78, 5) is 26.3. The molecule has 6 nitrogen and oxygen atoms in total. The first-order chi connectivity index (χ1) is 11.1. The van der Waals surface area contributed by atoms with Crippen molar-refractivity contribution in [1.29, 1.82) is 0 Å². The molecule has 0 fully saturated rings. The fourth-order valence-electron chi connectivity index (χ4n) is 2.07. The van der Waals surface area contributed by atoms with Gasteiger partial charge >= 0.3 is 5.69 Å².